The van der Waals surface area contributed by atoms with Crippen molar-refractivity contribution in [1.29, 1.82) is 0 Å². The monoisotopic (exact) mass is 155 g/mol. The molecular formula is C8H13NO2. The number of rotatable bonds is 1. The maximum atomic E-state index is 11.0. The molecule has 0 aromatic rings. The van der Waals surface area contributed by atoms with Gasteiger partial charge in [-0.2, -0.15) is 0 Å². The van der Waals surface area contributed by atoms with Crippen molar-refractivity contribution < 1.29 is 9.53 Å². The average molecular weight is 155 g/mol. The summed E-state index contributed by atoms with van der Waals surface area (Å²) in [6.45, 7) is 0. The first kappa shape index (κ1) is 8.27. The molecular weight excluding hydrogens is 142 g/mol. The zero-order valence-corrected chi connectivity index (χ0v) is 6.62. The maximum absolute atomic E-state index is 11.0. The lowest BCUT2D eigenvalue weighted by atomic mass is 9.90. The summed E-state index contributed by atoms with van der Waals surface area (Å²) in [5.41, 5.74) is 5.70. The lowest BCUT2D eigenvalue weighted by molar-refractivity contribution is -0.146. The van der Waals surface area contributed by atoms with E-state index < -0.39 is 0 Å². The van der Waals surface area contributed by atoms with Crippen LogP contribution in [-0.4, -0.2) is 19.1 Å². The number of allylic oxidation sites excluding steroid dienone is 1. The molecule has 0 saturated heterocycles. The molecule has 0 aromatic heterocycles. The average Bonchev–Trinajstić information content (AvgIpc) is 2.04. The van der Waals surface area contributed by atoms with Gasteiger partial charge in [0.1, 0.15) is 0 Å². The first-order valence-electron chi connectivity index (χ1n) is 3.74. The fourth-order valence-electron chi connectivity index (χ4n) is 1.26. The molecule has 0 aliphatic heterocycles. The van der Waals surface area contributed by atoms with Gasteiger partial charge in [-0.3, -0.25) is 4.79 Å². The summed E-state index contributed by atoms with van der Waals surface area (Å²) in [6, 6.07) is -0.0625. The lowest BCUT2D eigenvalue weighted by Crippen LogP contribution is -2.37. The van der Waals surface area contributed by atoms with Gasteiger partial charge in [-0.05, 0) is 12.8 Å². The summed E-state index contributed by atoms with van der Waals surface area (Å²) in [6.07, 6.45) is 5.47. The van der Waals surface area contributed by atoms with Crippen molar-refractivity contribution in [2.45, 2.75) is 18.9 Å². The molecule has 11 heavy (non-hydrogen) atoms. The third-order valence-corrected chi connectivity index (χ3v) is 1.99. The van der Waals surface area contributed by atoms with Crippen LogP contribution < -0.4 is 5.73 Å². The third-order valence-electron chi connectivity index (χ3n) is 1.99. The molecule has 0 radical (unpaired) electrons. The first-order chi connectivity index (χ1) is 5.25. The molecule has 3 nitrogen and oxygen atoms in total. The maximum Gasteiger partial charge on any atom is 0.310 e. The highest BCUT2D eigenvalue weighted by atomic mass is 16.5. The number of hydrogen-bond donors (Lipinski definition) is 1. The predicted molar refractivity (Wildman–Crippen MR) is 41.9 cm³/mol. The molecule has 0 saturated carbocycles. The Morgan fingerprint density at radius 3 is 2.73 bits per heavy atom. The molecule has 1 rings (SSSR count). The molecule has 62 valence electrons. The number of methoxy groups -OCH3 is 1. The van der Waals surface area contributed by atoms with E-state index in [1.54, 1.807) is 0 Å². The molecule has 0 heterocycles. The van der Waals surface area contributed by atoms with Gasteiger partial charge in [0.25, 0.3) is 0 Å². The number of nitrogens with two attached hydrogens (primary N) is 1. The molecule has 0 amide bonds. The van der Waals surface area contributed by atoms with Crippen LogP contribution in [0.1, 0.15) is 12.8 Å². The van der Waals surface area contributed by atoms with Crippen molar-refractivity contribution in [3.8, 4) is 0 Å². The van der Waals surface area contributed by atoms with Crippen molar-refractivity contribution >= 4 is 5.97 Å². The van der Waals surface area contributed by atoms with Gasteiger partial charge in [0.05, 0.1) is 13.0 Å². The minimum Gasteiger partial charge on any atom is -0.469 e. The standard InChI is InChI=1S/C8H13NO2/c1-11-8(10)6-4-2-3-5-7(6)9/h2-3,6-7H,4-5,9H2,1H3/t6-,7-/m0/s1. The van der Waals surface area contributed by atoms with Crippen molar-refractivity contribution in [1.82, 2.24) is 0 Å². The minimum atomic E-state index is -0.193. The second-order valence-electron chi connectivity index (χ2n) is 2.74. The molecule has 2 N–H and O–H groups in total. The van der Waals surface area contributed by atoms with Crippen LogP contribution in [0.25, 0.3) is 0 Å². The van der Waals surface area contributed by atoms with E-state index in [-0.39, 0.29) is 17.9 Å². The topological polar surface area (TPSA) is 52.3 Å². The van der Waals surface area contributed by atoms with E-state index in [4.69, 9.17) is 5.73 Å². The van der Waals surface area contributed by atoms with Crippen LogP contribution in [0.15, 0.2) is 12.2 Å². The van der Waals surface area contributed by atoms with Gasteiger partial charge in [0.2, 0.25) is 0 Å². The Morgan fingerprint density at radius 2 is 2.18 bits per heavy atom. The molecule has 3 heteroatoms. The molecule has 0 bridgehead atoms. The number of ether oxygens (including phenoxy) is 1. The van der Waals surface area contributed by atoms with Gasteiger partial charge in [-0.1, -0.05) is 12.2 Å². The number of carbonyl (C=O) groups is 1. The van der Waals surface area contributed by atoms with Gasteiger partial charge in [0.15, 0.2) is 0 Å². The Hall–Kier alpha value is -0.830. The molecule has 0 spiro atoms. The Kier molecular flexibility index (Phi) is 2.65. The van der Waals surface area contributed by atoms with Crippen LogP contribution in [0, 0.1) is 5.92 Å². The van der Waals surface area contributed by atoms with Crippen LogP contribution in [-0.2, 0) is 9.53 Å². The van der Waals surface area contributed by atoms with Crippen molar-refractivity contribution in [2.24, 2.45) is 11.7 Å². The van der Waals surface area contributed by atoms with Crippen LogP contribution >= 0.6 is 0 Å². The summed E-state index contributed by atoms with van der Waals surface area (Å²) in [4.78, 5) is 11.0. The van der Waals surface area contributed by atoms with Gasteiger partial charge >= 0.3 is 5.97 Å². The molecule has 1 aliphatic rings. The van der Waals surface area contributed by atoms with Crippen LogP contribution in [0.4, 0.5) is 0 Å². The van der Waals surface area contributed by atoms with Crippen molar-refractivity contribution in [3.63, 3.8) is 0 Å². The normalized spacial score (nSPS) is 30.0. The van der Waals surface area contributed by atoms with Gasteiger partial charge in [-0.25, -0.2) is 0 Å². The van der Waals surface area contributed by atoms with E-state index in [2.05, 4.69) is 4.74 Å². The zero-order valence-electron chi connectivity index (χ0n) is 6.62. The SMILES string of the molecule is COC(=O)[C@H]1CC=CC[C@@H]1N. The summed E-state index contributed by atoms with van der Waals surface area (Å²) in [5.74, 6) is -0.327. The van der Waals surface area contributed by atoms with Gasteiger partial charge in [0, 0.05) is 6.04 Å². The molecule has 0 unspecified atom stereocenters. The Bertz CT molecular complexity index is 177. The van der Waals surface area contributed by atoms with Crippen molar-refractivity contribution in [3.05, 3.63) is 12.2 Å². The number of hydrogen-bond acceptors (Lipinski definition) is 3. The highest BCUT2D eigenvalue weighted by Crippen LogP contribution is 2.18. The quantitative estimate of drug-likeness (QED) is 0.442. The van der Waals surface area contributed by atoms with E-state index in [1.165, 1.54) is 7.11 Å². The third kappa shape index (κ3) is 1.80. The largest absolute Gasteiger partial charge is 0.469 e. The number of esters is 1. The highest BCUT2D eigenvalue weighted by molar-refractivity contribution is 5.73. The summed E-state index contributed by atoms with van der Waals surface area (Å²) >= 11 is 0. The summed E-state index contributed by atoms with van der Waals surface area (Å²) < 4.78 is 4.61. The molecule has 0 aromatic carbocycles. The Labute approximate surface area is 66.2 Å². The van der Waals surface area contributed by atoms with Crippen LogP contribution in [0.5, 0.6) is 0 Å². The lowest BCUT2D eigenvalue weighted by Gasteiger charge is -2.22. The second kappa shape index (κ2) is 3.53. The van der Waals surface area contributed by atoms with Gasteiger partial charge < -0.3 is 10.5 Å². The van der Waals surface area contributed by atoms with E-state index in [0.29, 0.717) is 6.42 Å². The highest BCUT2D eigenvalue weighted by Gasteiger charge is 2.26. The minimum absolute atomic E-state index is 0.0625. The van der Waals surface area contributed by atoms with Crippen LogP contribution in [0.2, 0.25) is 0 Å². The zero-order chi connectivity index (χ0) is 8.27. The van der Waals surface area contributed by atoms with E-state index in [0.717, 1.165) is 6.42 Å². The summed E-state index contributed by atoms with van der Waals surface area (Å²) in [7, 11) is 1.40. The smallest absolute Gasteiger partial charge is 0.310 e. The first-order valence-corrected chi connectivity index (χ1v) is 3.74. The molecule has 1 aliphatic carbocycles. The van der Waals surface area contributed by atoms with Gasteiger partial charge in [-0.15, -0.1) is 0 Å². The molecule has 0 fully saturated rings. The second-order valence-corrected chi connectivity index (χ2v) is 2.74. The Morgan fingerprint density at radius 1 is 1.55 bits per heavy atom. The Balaban J connectivity index is 2.56. The van der Waals surface area contributed by atoms with E-state index >= 15 is 0 Å². The fourth-order valence-corrected chi connectivity index (χ4v) is 1.26. The molecule has 2 atom stereocenters. The van der Waals surface area contributed by atoms with E-state index in [1.807, 2.05) is 12.2 Å². The van der Waals surface area contributed by atoms with E-state index in [9.17, 15) is 4.79 Å². The van der Waals surface area contributed by atoms with Crippen LogP contribution in [0.3, 0.4) is 0 Å². The predicted octanol–water partition coefficient (Wildman–Crippen LogP) is 0.453. The fraction of sp³-hybridized carbons (Fsp3) is 0.625. The summed E-state index contributed by atoms with van der Waals surface area (Å²) in [5, 5.41) is 0. The van der Waals surface area contributed by atoms with Crippen molar-refractivity contribution in [2.75, 3.05) is 7.11 Å². The number of carbonyl (C=O) groups excluding carboxylic acids is 1.